The summed E-state index contributed by atoms with van der Waals surface area (Å²) in [6.45, 7) is 11.8. The van der Waals surface area contributed by atoms with Crippen molar-refractivity contribution in [2.75, 3.05) is 4.90 Å². The zero-order chi connectivity index (χ0) is 21.0. The van der Waals surface area contributed by atoms with Crippen molar-refractivity contribution in [1.82, 2.24) is 0 Å². The van der Waals surface area contributed by atoms with Gasteiger partial charge in [0.1, 0.15) is 0 Å². The fourth-order valence-corrected chi connectivity index (χ4v) is 5.77. The van der Waals surface area contributed by atoms with Gasteiger partial charge in [-0.3, -0.25) is 0 Å². The summed E-state index contributed by atoms with van der Waals surface area (Å²) in [5.74, 6) is 0. The molecule has 1 nitrogen and oxygen atoms in total. The number of hydrogen-bond donors (Lipinski definition) is 0. The van der Waals surface area contributed by atoms with Gasteiger partial charge in [-0.15, -0.1) is 0 Å². The van der Waals surface area contributed by atoms with E-state index in [1.54, 1.807) is 0 Å². The third-order valence-corrected chi connectivity index (χ3v) is 7.10. The molecule has 0 amide bonds. The van der Waals surface area contributed by atoms with Crippen LogP contribution >= 0.6 is 31.9 Å². The molecule has 0 unspecified atom stereocenters. The number of anilines is 3. The average Bonchev–Trinajstić information content (AvgIpc) is 2.83. The standard InChI is InChI=1S/C26H27Br2N/c1-17-14-22(15-23-24(17)26(4,5)16-25(23,2)3)29(20-10-6-18(27)7-11-20)21-12-8-19(28)9-13-21/h6-15H,16H2,1-5H3. The summed E-state index contributed by atoms with van der Waals surface area (Å²) >= 11 is 7.14. The molecule has 0 radical (unpaired) electrons. The average molecular weight is 513 g/mol. The van der Waals surface area contributed by atoms with Crippen LogP contribution in [0.4, 0.5) is 17.1 Å². The Morgan fingerprint density at radius 2 is 1.17 bits per heavy atom. The summed E-state index contributed by atoms with van der Waals surface area (Å²) in [6.07, 6.45) is 1.18. The van der Waals surface area contributed by atoms with Crippen LogP contribution in [-0.4, -0.2) is 0 Å². The van der Waals surface area contributed by atoms with Crippen LogP contribution in [0, 0.1) is 6.92 Å². The lowest BCUT2D eigenvalue weighted by atomic mass is 9.81. The van der Waals surface area contributed by atoms with Crippen molar-refractivity contribution in [3.63, 3.8) is 0 Å². The van der Waals surface area contributed by atoms with Gasteiger partial charge in [0.15, 0.2) is 0 Å². The zero-order valence-corrected chi connectivity index (χ0v) is 20.9. The monoisotopic (exact) mass is 511 g/mol. The van der Waals surface area contributed by atoms with Crippen LogP contribution < -0.4 is 4.90 Å². The minimum absolute atomic E-state index is 0.171. The van der Waals surface area contributed by atoms with Gasteiger partial charge >= 0.3 is 0 Å². The maximum absolute atomic E-state index is 3.57. The van der Waals surface area contributed by atoms with Crippen molar-refractivity contribution in [1.29, 1.82) is 0 Å². The number of fused-ring (bicyclic) bond motifs is 1. The van der Waals surface area contributed by atoms with E-state index in [-0.39, 0.29) is 10.8 Å². The Hall–Kier alpha value is -1.58. The van der Waals surface area contributed by atoms with Gasteiger partial charge < -0.3 is 4.90 Å². The highest BCUT2D eigenvalue weighted by Gasteiger charge is 2.43. The highest BCUT2D eigenvalue weighted by molar-refractivity contribution is 9.10. The fourth-order valence-electron chi connectivity index (χ4n) is 5.25. The molecule has 0 heterocycles. The maximum Gasteiger partial charge on any atom is 0.0467 e. The summed E-state index contributed by atoms with van der Waals surface area (Å²) < 4.78 is 2.18. The van der Waals surface area contributed by atoms with Crippen molar-refractivity contribution in [3.05, 3.63) is 86.3 Å². The van der Waals surface area contributed by atoms with Gasteiger partial charge in [0, 0.05) is 26.0 Å². The van der Waals surface area contributed by atoms with Crippen LogP contribution in [0.5, 0.6) is 0 Å². The molecule has 1 aliphatic rings. The van der Waals surface area contributed by atoms with Gasteiger partial charge in [-0.25, -0.2) is 0 Å². The molecular formula is C26H27Br2N. The minimum Gasteiger partial charge on any atom is -0.310 e. The molecule has 1 aliphatic carbocycles. The van der Waals surface area contributed by atoms with E-state index in [0.717, 1.165) is 20.3 Å². The Morgan fingerprint density at radius 3 is 1.66 bits per heavy atom. The Bertz CT molecular complexity index is 1000. The second-order valence-electron chi connectivity index (χ2n) is 9.42. The van der Waals surface area contributed by atoms with Gasteiger partial charge in [0.25, 0.3) is 0 Å². The number of rotatable bonds is 3. The molecule has 0 spiro atoms. The van der Waals surface area contributed by atoms with Crippen LogP contribution in [0.1, 0.15) is 50.8 Å². The van der Waals surface area contributed by atoms with Crippen molar-refractivity contribution >= 4 is 48.9 Å². The molecule has 3 heteroatoms. The lowest BCUT2D eigenvalue weighted by Crippen LogP contribution is -2.18. The maximum atomic E-state index is 3.57. The van der Waals surface area contributed by atoms with Crippen LogP contribution in [-0.2, 0) is 10.8 Å². The van der Waals surface area contributed by atoms with E-state index >= 15 is 0 Å². The lowest BCUT2D eigenvalue weighted by molar-refractivity contribution is 0.402. The van der Waals surface area contributed by atoms with Gasteiger partial charge in [0.05, 0.1) is 0 Å². The predicted octanol–water partition coefficient (Wildman–Crippen LogP) is 8.95. The first-order chi connectivity index (χ1) is 13.6. The number of aryl methyl sites for hydroxylation is 1. The topological polar surface area (TPSA) is 3.24 Å². The normalized spacial score (nSPS) is 16.5. The lowest BCUT2D eigenvalue weighted by Gasteiger charge is -2.29. The first-order valence-corrected chi connectivity index (χ1v) is 11.6. The molecule has 0 saturated carbocycles. The van der Waals surface area contributed by atoms with E-state index < -0.39 is 0 Å². The van der Waals surface area contributed by atoms with Gasteiger partial charge in [0.2, 0.25) is 0 Å². The van der Waals surface area contributed by atoms with Gasteiger partial charge in [-0.05, 0) is 102 Å². The molecule has 3 aromatic rings. The van der Waals surface area contributed by atoms with Crippen molar-refractivity contribution in [2.24, 2.45) is 0 Å². The van der Waals surface area contributed by atoms with E-state index in [1.807, 2.05) is 0 Å². The molecule has 0 bridgehead atoms. The third kappa shape index (κ3) is 3.80. The molecule has 0 fully saturated rings. The Balaban J connectivity index is 1.93. The molecule has 4 rings (SSSR count). The van der Waals surface area contributed by atoms with E-state index in [0.29, 0.717) is 0 Å². The molecule has 0 aliphatic heterocycles. The highest BCUT2D eigenvalue weighted by Crippen LogP contribution is 2.52. The minimum atomic E-state index is 0.171. The third-order valence-electron chi connectivity index (χ3n) is 6.04. The smallest absolute Gasteiger partial charge is 0.0467 e. The Labute approximate surface area is 191 Å². The van der Waals surface area contributed by atoms with Crippen molar-refractivity contribution < 1.29 is 0 Å². The van der Waals surface area contributed by atoms with Gasteiger partial charge in [-0.2, -0.15) is 0 Å². The molecule has 150 valence electrons. The van der Waals surface area contributed by atoms with E-state index in [4.69, 9.17) is 0 Å². The summed E-state index contributed by atoms with van der Waals surface area (Å²) in [7, 11) is 0. The second kappa shape index (κ2) is 7.28. The number of benzene rings is 3. The first kappa shape index (κ1) is 20.7. The number of nitrogens with zero attached hydrogens (tertiary/aromatic N) is 1. The van der Waals surface area contributed by atoms with Crippen LogP contribution in [0.3, 0.4) is 0 Å². The summed E-state index contributed by atoms with van der Waals surface area (Å²) in [4.78, 5) is 2.35. The predicted molar refractivity (Wildman–Crippen MR) is 132 cm³/mol. The molecule has 0 atom stereocenters. The molecular weight excluding hydrogens is 486 g/mol. The van der Waals surface area contributed by atoms with Crippen molar-refractivity contribution in [2.45, 2.75) is 51.9 Å². The SMILES string of the molecule is Cc1cc(N(c2ccc(Br)cc2)c2ccc(Br)cc2)cc2c1C(C)(C)CC2(C)C. The largest absolute Gasteiger partial charge is 0.310 e. The molecule has 29 heavy (non-hydrogen) atoms. The highest BCUT2D eigenvalue weighted by atomic mass is 79.9. The van der Waals surface area contributed by atoms with Crippen LogP contribution in [0.2, 0.25) is 0 Å². The van der Waals surface area contributed by atoms with Crippen LogP contribution in [0.25, 0.3) is 0 Å². The fraction of sp³-hybridized carbons (Fsp3) is 0.308. The Kier molecular flexibility index (Phi) is 5.19. The molecule has 0 aromatic heterocycles. The molecule has 0 N–H and O–H groups in total. The second-order valence-corrected chi connectivity index (χ2v) is 11.2. The summed E-state index contributed by atoms with van der Waals surface area (Å²) in [5.41, 5.74) is 8.31. The molecule has 3 aromatic carbocycles. The van der Waals surface area contributed by atoms with Crippen molar-refractivity contribution in [3.8, 4) is 0 Å². The summed E-state index contributed by atoms with van der Waals surface area (Å²) in [6, 6.07) is 21.9. The summed E-state index contributed by atoms with van der Waals surface area (Å²) in [5, 5.41) is 0. The van der Waals surface area contributed by atoms with E-state index in [1.165, 1.54) is 28.8 Å². The quantitative estimate of drug-likeness (QED) is 0.338. The zero-order valence-electron chi connectivity index (χ0n) is 17.7. The number of hydrogen-bond acceptors (Lipinski definition) is 1. The van der Waals surface area contributed by atoms with E-state index in [9.17, 15) is 0 Å². The van der Waals surface area contributed by atoms with Gasteiger partial charge in [-0.1, -0.05) is 59.6 Å². The Morgan fingerprint density at radius 1 is 0.690 bits per heavy atom. The van der Waals surface area contributed by atoms with Crippen LogP contribution in [0.15, 0.2) is 69.6 Å². The number of halogens is 2. The van der Waals surface area contributed by atoms with E-state index in [2.05, 4.69) is 132 Å². The molecule has 0 saturated heterocycles. The first-order valence-electron chi connectivity index (χ1n) is 10.1.